The van der Waals surface area contributed by atoms with Crippen LogP contribution in [0.15, 0.2) is 24.3 Å². The van der Waals surface area contributed by atoms with Gasteiger partial charge in [0.25, 0.3) is 0 Å². The minimum absolute atomic E-state index is 0.382. The van der Waals surface area contributed by atoms with Crippen LogP contribution in [-0.4, -0.2) is 60.3 Å². The van der Waals surface area contributed by atoms with Crippen molar-refractivity contribution in [3.63, 3.8) is 0 Å². The highest BCUT2D eigenvalue weighted by Gasteiger charge is 2.17. The van der Waals surface area contributed by atoms with Crippen LogP contribution in [0.5, 0.6) is 5.75 Å². The Morgan fingerprint density at radius 2 is 1.57 bits per heavy atom. The zero-order valence-electron chi connectivity index (χ0n) is 14.1. The number of para-hydroxylation sites is 1. The first kappa shape index (κ1) is 16.7. The molecule has 0 spiro atoms. The van der Waals surface area contributed by atoms with Crippen molar-refractivity contribution in [1.82, 2.24) is 9.80 Å². The lowest BCUT2D eigenvalue weighted by atomic mass is 10.1. The number of nitrogens with zero attached hydrogens (tertiary/aromatic N) is 2. The van der Waals surface area contributed by atoms with E-state index in [1.54, 1.807) is 0 Å². The number of likely N-dealkylation sites (tertiary alicyclic amines) is 2. The van der Waals surface area contributed by atoms with Crippen molar-refractivity contribution in [2.75, 3.05) is 39.3 Å². The molecule has 23 heavy (non-hydrogen) atoms. The highest BCUT2D eigenvalue weighted by Crippen LogP contribution is 2.22. The van der Waals surface area contributed by atoms with Crippen molar-refractivity contribution < 1.29 is 9.84 Å². The SMILES string of the molecule is OC(COc1ccccc1CN1CCCC1)CN1CCCCC1. The molecular formula is C19H30N2O2. The number of piperidine rings is 1. The molecule has 0 saturated carbocycles. The summed E-state index contributed by atoms with van der Waals surface area (Å²) in [5.74, 6) is 0.928. The maximum absolute atomic E-state index is 10.3. The molecule has 128 valence electrons. The second-order valence-electron chi connectivity index (χ2n) is 6.92. The summed E-state index contributed by atoms with van der Waals surface area (Å²) in [6.07, 6.45) is 6.04. The van der Waals surface area contributed by atoms with E-state index in [-0.39, 0.29) is 0 Å². The number of hydrogen-bond donors (Lipinski definition) is 1. The zero-order valence-corrected chi connectivity index (χ0v) is 14.1. The third kappa shape index (κ3) is 5.20. The molecule has 4 heteroatoms. The zero-order chi connectivity index (χ0) is 15.9. The van der Waals surface area contributed by atoms with Crippen LogP contribution in [0.4, 0.5) is 0 Å². The summed E-state index contributed by atoms with van der Waals surface area (Å²) < 4.78 is 5.95. The highest BCUT2D eigenvalue weighted by atomic mass is 16.5. The lowest BCUT2D eigenvalue weighted by Crippen LogP contribution is -2.38. The topological polar surface area (TPSA) is 35.9 Å². The van der Waals surface area contributed by atoms with Crippen LogP contribution in [0, 0.1) is 0 Å². The van der Waals surface area contributed by atoms with Gasteiger partial charge in [-0.3, -0.25) is 4.90 Å². The fraction of sp³-hybridized carbons (Fsp3) is 0.684. The average Bonchev–Trinajstić information content (AvgIpc) is 3.08. The van der Waals surface area contributed by atoms with Gasteiger partial charge >= 0.3 is 0 Å². The minimum atomic E-state index is -0.409. The monoisotopic (exact) mass is 318 g/mol. The van der Waals surface area contributed by atoms with Gasteiger partial charge in [0.2, 0.25) is 0 Å². The second-order valence-corrected chi connectivity index (χ2v) is 6.92. The largest absolute Gasteiger partial charge is 0.491 e. The number of rotatable bonds is 7. The summed E-state index contributed by atoms with van der Waals surface area (Å²) in [5, 5.41) is 10.3. The molecule has 0 bridgehead atoms. The summed E-state index contributed by atoms with van der Waals surface area (Å²) in [7, 11) is 0. The third-order valence-electron chi connectivity index (χ3n) is 4.91. The van der Waals surface area contributed by atoms with E-state index < -0.39 is 6.10 Å². The molecule has 0 amide bonds. The van der Waals surface area contributed by atoms with Crippen LogP contribution in [0.2, 0.25) is 0 Å². The molecule has 0 aliphatic carbocycles. The predicted octanol–water partition coefficient (Wildman–Crippen LogP) is 2.51. The lowest BCUT2D eigenvalue weighted by molar-refractivity contribution is 0.0612. The van der Waals surface area contributed by atoms with Crippen molar-refractivity contribution in [2.24, 2.45) is 0 Å². The summed E-state index contributed by atoms with van der Waals surface area (Å²) in [4.78, 5) is 4.83. The van der Waals surface area contributed by atoms with E-state index in [0.717, 1.165) is 31.9 Å². The van der Waals surface area contributed by atoms with E-state index in [1.807, 2.05) is 12.1 Å². The van der Waals surface area contributed by atoms with Gasteiger partial charge in [-0.05, 0) is 57.9 Å². The third-order valence-corrected chi connectivity index (χ3v) is 4.91. The van der Waals surface area contributed by atoms with Crippen molar-refractivity contribution >= 4 is 0 Å². The van der Waals surface area contributed by atoms with E-state index in [0.29, 0.717) is 6.61 Å². The average molecular weight is 318 g/mol. The lowest BCUT2D eigenvalue weighted by Gasteiger charge is -2.28. The standard InChI is InChI=1S/C19H30N2O2/c22-18(15-21-10-4-1-5-11-21)16-23-19-9-3-2-8-17(19)14-20-12-6-7-13-20/h2-3,8-9,18,22H,1,4-7,10-16H2. The molecule has 4 nitrogen and oxygen atoms in total. The van der Waals surface area contributed by atoms with Crippen LogP contribution in [0.3, 0.4) is 0 Å². The molecule has 1 aromatic rings. The highest BCUT2D eigenvalue weighted by molar-refractivity contribution is 5.33. The molecule has 3 rings (SSSR count). The molecule has 2 aliphatic heterocycles. The van der Waals surface area contributed by atoms with Gasteiger partial charge in [0.1, 0.15) is 18.5 Å². The van der Waals surface area contributed by atoms with Gasteiger partial charge in [-0.25, -0.2) is 0 Å². The predicted molar refractivity (Wildman–Crippen MR) is 92.7 cm³/mol. The van der Waals surface area contributed by atoms with Gasteiger partial charge < -0.3 is 14.7 Å². The summed E-state index contributed by atoms with van der Waals surface area (Å²) in [6, 6.07) is 8.26. The van der Waals surface area contributed by atoms with E-state index >= 15 is 0 Å². The summed E-state index contributed by atoms with van der Waals surface area (Å²) in [6.45, 7) is 6.67. The number of aliphatic hydroxyl groups is 1. The number of ether oxygens (including phenoxy) is 1. The van der Waals surface area contributed by atoms with Gasteiger partial charge in [-0.2, -0.15) is 0 Å². The molecule has 0 aromatic heterocycles. The quantitative estimate of drug-likeness (QED) is 0.838. The molecule has 2 fully saturated rings. The molecule has 0 radical (unpaired) electrons. The Kier molecular flexibility index (Phi) is 6.31. The van der Waals surface area contributed by atoms with Crippen molar-refractivity contribution in [3.05, 3.63) is 29.8 Å². The van der Waals surface area contributed by atoms with Gasteiger partial charge in [-0.15, -0.1) is 0 Å². The van der Waals surface area contributed by atoms with Crippen LogP contribution in [0.25, 0.3) is 0 Å². The first-order valence-electron chi connectivity index (χ1n) is 9.15. The molecule has 1 atom stereocenters. The minimum Gasteiger partial charge on any atom is -0.491 e. The molecule has 1 aromatic carbocycles. The Hall–Kier alpha value is -1.10. The first-order valence-corrected chi connectivity index (χ1v) is 9.15. The Balaban J connectivity index is 1.48. The second kappa shape index (κ2) is 8.67. The Bertz CT molecular complexity index is 468. The van der Waals surface area contributed by atoms with E-state index in [1.165, 1.54) is 50.8 Å². The van der Waals surface area contributed by atoms with E-state index in [4.69, 9.17) is 4.74 Å². The fourth-order valence-corrected chi connectivity index (χ4v) is 3.64. The molecule has 1 N–H and O–H groups in total. The van der Waals surface area contributed by atoms with Crippen LogP contribution in [0.1, 0.15) is 37.7 Å². The Morgan fingerprint density at radius 3 is 2.35 bits per heavy atom. The number of hydrogen-bond acceptors (Lipinski definition) is 4. The van der Waals surface area contributed by atoms with Crippen molar-refractivity contribution in [2.45, 2.75) is 44.8 Å². The summed E-state index contributed by atoms with van der Waals surface area (Å²) in [5.41, 5.74) is 1.24. The van der Waals surface area contributed by atoms with E-state index in [9.17, 15) is 5.11 Å². The molecule has 2 aliphatic rings. The van der Waals surface area contributed by atoms with Crippen LogP contribution >= 0.6 is 0 Å². The smallest absolute Gasteiger partial charge is 0.123 e. The van der Waals surface area contributed by atoms with Crippen LogP contribution < -0.4 is 4.74 Å². The van der Waals surface area contributed by atoms with Crippen LogP contribution in [-0.2, 0) is 6.54 Å². The maximum Gasteiger partial charge on any atom is 0.123 e. The number of aliphatic hydroxyl groups excluding tert-OH is 1. The van der Waals surface area contributed by atoms with Crippen molar-refractivity contribution in [1.29, 1.82) is 0 Å². The fourth-order valence-electron chi connectivity index (χ4n) is 3.64. The molecule has 2 saturated heterocycles. The molecular weight excluding hydrogens is 288 g/mol. The first-order chi connectivity index (χ1) is 11.3. The Labute approximate surface area is 140 Å². The van der Waals surface area contributed by atoms with E-state index in [2.05, 4.69) is 21.9 Å². The number of benzene rings is 1. The molecule has 1 unspecified atom stereocenters. The number of β-amino-alcohol motifs (C(OH)–C–C–N with tert-alkyl or cyclic N) is 1. The van der Waals surface area contributed by atoms with Gasteiger partial charge in [-0.1, -0.05) is 24.6 Å². The molecule has 2 heterocycles. The van der Waals surface area contributed by atoms with Gasteiger partial charge in [0.05, 0.1) is 0 Å². The van der Waals surface area contributed by atoms with Crippen molar-refractivity contribution in [3.8, 4) is 5.75 Å². The van der Waals surface area contributed by atoms with Gasteiger partial charge in [0.15, 0.2) is 0 Å². The van der Waals surface area contributed by atoms with Gasteiger partial charge in [0, 0.05) is 18.7 Å². The maximum atomic E-state index is 10.3. The normalized spacial score (nSPS) is 21.4. The summed E-state index contributed by atoms with van der Waals surface area (Å²) >= 11 is 0. The Morgan fingerprint density at radius 1 is 0.913 bits per heavy atom.